The van der Waals surface area contributed by atoms with Crippen molar-refractivity contribution < 1.29 is 19.4 Å². The van der Waals surface area contributed by atoms with E-state index in [-0.39, 0.29) is 17.3 Å². The van der Waals surface area contributed by atoms with Crippen LogP contribution < -0.4 is 10.2 Å². The topological polar surface area (TPSA) is 85.7 Å². The Balaban J connectivity index is 1.66. The maximum atomic E-state index is 14.3. The van der Waals surface area contributed by atoms with Crippen molar-refractivity contribution in [3.8, 4) is 0 Å². The number of aromatic nitrogens is 1. The van der Waals surface area contributed by atoms with Gasteiger partial charge >= 0.3 is 0 Å². The number of aliphatic hydroxyl groups excluding tert-OH is 2. The number of anilines is 2. The number of carbonyl (C=O) groups is 1. The van der Waals surface area contributed by atoms with Crippen LogP contribution in [0.1, 0.15) is 18.1 Å². The average Bonchev–Trinajstić information content (AvgIpc) is 2.68. The number of hydrogen-bond acceptors (Lipinski definition) is 5. The fraction of sp³-hybridized carbons (Fsp3) is 0.263. The van der Waals surface area contributed by atoms with Crippen LogP contribution in [-0.4, -0.2) is 40.8 Å². The van der Waals surface area contributed by atoms with Gasteiger partial charge in [0.15, 0.2) is 11.6 Å². The molecule has 1 aromatic heterocycles. The molecule has 26 heavy (non-hydrogen) atoms. The minimum Gasteiger partial charge on any atom is -0.393 e. The van der Waals surface area contributed by atoms with E-state index in [9.17, 15) is 14.3 Å². The van der Waals surface area contributed by atoms with Crippen LogP contribution in [0.2, 0.25) is 0 Å². The van der Waals surface area contributed by atoms with Crippen molar-refractivity contribution in [3.05, 3.63) is 65.6 Å². The molecule has 0 bridgehead atoms. The van der Waals surface area contributed by atoms with Gasteiger partial charge in [-0.25, -0.2) is 9.37 Å². The number of rotatable bonds is 5. The summed E-state index contributed by atoms with van der Waals surface area (Å²) >= 11 is 0. The molecule has 3 rings (SSSR count). The number of nitrogens with one attached hydrogen (secondary N) is 1. The fourth-order valence-corrected chi connectivity index (χ4v) is 2.77. The van der Waals surface area contributed by atoms with Gasteiger partial charge in [0.1, 0.15) is 6.10 Å². The van der Waals surface area contributed by atoms with Gasteiger partial charge in [0.2, 0.25) is 0 Å². The van der Waals surface area contributed by atoms with Crippen molar-refractivity contribution in [1.82, 2.24) is 4.98 Å². The van der Waals surface area contributed by atoms with Crippen molar-refractivity contribution in [2.45, 2.75) is 12.5 Å². The minimum atomic E-state index is -1.15. The summed E-state index contributed by atoms with van der Waals surface area (Å²) in [4.78, 5) is 18.1. The maximum Gasteiger partial charge on any atom is 0.251 e. The molecule has 1 aromatic carbocycles. The summed E-state index contributed by atoms with van der Waals surface area (Å²) in [5, 5.41) is 21.3. The third kappa shape index (κ3) is 4.07. The van der Waals surface area contributed by atoms with Gasteiger partial charge in [-0.15, -0.1) is 0 Å². The Morgan fingerprint density at radius 1 is 1.35 bits per heavy atom. The maximum absolute atomic E-state index is 14.3. The number of pyridine rings is 1. The average molecular weight is 357 g/mol. The normalized spacial score (nSPS) is 15.3. The zero-order chi connectivity index (χ0) is 18.5. The lowest BCUT2D eigenvalue weighted by Gasteiger charge is -2.27. The van der Waals surface area contributed by atoms with E-state index in [4.69, 9.17) is 5.11 Å². The van der Waals surface area contributed by atoms with E-state index in [1.807, 2.05) is 30.3 Å². The summed E-state index contributed by atoms with van der Waals surface area (Å²) in [6, 6.07) is 10.4. The molecular formula is C19H20FN3O3. The summed E-state index contributed by atoms with van der Waals surface area (Å²) in [6.07, 6.45) is 2.43. The van der Waals surface area contributed by atoms with E-state index < -0.39 is 18.5 Å². The third-order valence-electron chi connectivity index (χ3n) is 4.23. The van der Waals surface area contributed by atoms with Crippen LogP contribution in [0, 0.1) is 5.82 Å². The molecule has 0 radical (unpaired) electrons. The molecule has 1 aliphatic rings. The first-order valence-electron chi connectivity index (χ1n) is 8.33. The molecule has 6 nitrogen and oxygen atoms in total. The molecule has 2 heterocycles. The molecule has 0 saturated heterocycles. The van der Waals surface area contributed by atoms with Gasteiger partial charge in [-0.05, 0) is 24.6 Å². The highest BCUT2D eigenvalue weighted by atomic mass is 19.1. The van der Waals surface area contributed by atoms with Gasteiger partial charge in [-0.1, -0.05) is 24.3 Å². The monoisotopic (exact) mass is 357 g/mol. The second-order valence-corrected chi connectivity index (χ2v) is 6.02. The number of carbonyl (C=O) groups excluding carboxylic acids is 1. The fourth-order valence-electron chi connectivity index (χ4n) is 2.77. The van der Waals surface area contributed by atoms with E-state index in [1.165, 1.54) is 12.3 Å². The highest BCUT2D eigenvalue weighted by molar-refractivity contribution is 6.03. The Hall–Kier alpha value is -2.77. The standard InChI is InChI=1S/C19H20FN3O3/c20-16-10-14(17(25)12-24)11-21-18(16)23-8-6-13(7-9-23)19(26)22-15-4-2-1-3-5-15/h1-6,10-11,17,24-25H,7-9,12H2,(H,22,26)/t17-/m1/s1. The van der Waals surface area contributed by atoms with Gasteiger partial charge in [-0.3, -0.25) is 4.79 Å². The smallest absolute Gasteiger partial charge is 0.251 e. The summed E-state index contributed by atoms with van der Waals surface area (Å²) in [5.41, 5.74) is 1.61. The summed E-state index contributed by atoms with van der Waals surface area (Å²) in [5.74, 6) is -0.566. The van der Waals surface area contributed by atoms with Crippen molar-refractivity contribution in [3.63, 3.8) is 0 Å². The Kier molecular flexibility index (Phi) is 5.60. The van der Waals surface area contributed by atoms with E-state index >= 15 is 0 Å². The zero-order valence-electron chi connectivity index (χ0n) is 14.1. The second kappa shape index (κ2) is 8.07. The number of halogens is 1. The van der Waals surface area contributed by atoms with E-state index in [2.05, 4.69) is 10.3 Å². The number of hydrogen-bond donors (Lipinski definition) is 3. The molecule has 3 N–H and O–H groups in total. The predicted molar refractivity (Wildman–Crippen MR) is 96.2 cm³/mol. The van der Waals surface area contributed by atoms with Crippen molar-refractivity contribution in [2.75, 3.05) is 29.9 Å². The van der Waals surface area contributed by atoms with E-state index in [0.29, 0.717) is 25.1 Å². The first-order chi connectivity index (χ1) is 12.6. The molecule has 136 valence electrons. The molecule has 1 amide bonds. The molecule has 0 aliphatic carbocycles. The molecule has 0 unspecified atom stereocenters. The largest absolute Gasteiger partial charge is 0.393 e. The highest BCUT2D eigenvalue weighted by Gasteiger charge is 2.21. The van der Waals surface area contributed by atoms with Gasteiger partial charge in [0.05, 0.1) is 6.61 Å². The molecular weight excluding hydrogens is 337 g/mol. The number of benzene rings is 1. The molecule has 1 atom stereocenters. The summed E-state index contributed by atoms with van der Waals surface area (Å²) < 4.78 is 14.3. The van der Waals surface area contributed by atoms with Crippen LogP contribution in [-0.2, 0) is 4.79 Å². The van der Waals surface area contributed by atoms with Crippen LogP contribution in [0.3, 0.4) is 0 Å². The lowest BCUT2D eigenvalue weighted by Crippen LogP contribution is -2.32. The highest BCUT2D eigenvalue weighted by Crippen LogP contribution is 2.24. The van der Waals surface area contributed by atoms with Crippen molar-refractivity contribution >= 4 is 17.4 Å². The molecule has 7 heteroatoms. The Morgan fingerprint density at radius 2 is 2.12 bits per heavy atom. The van der Waals surface area contributed by atoms with Crippen LogP contribution in [0.15, 0.2) is 54.2 Å². The molecule has 1 aliphatic heterocycles. The number of aliphatic hydroxyl groups is 2. The van der Waals surface area contributed by atoms with E-state index in [0.717, 1.165) is 5.69 Å². The molecule has 0 fully saturated rings. The lowest BCUT2D eigenvalue weighted by atomic mass is 10.1. The van der Waals surface area contributed by atoms with Crippen LogP contribution in [0.5, 0.6) is 0 Å². The zero-order valence-corrected chi connectivity index (χ0v) is 14.1. The van der Waals surface area contributed by atoms with Crippen molar-refractivity contribution in [1.29, 1.82) is 0 Å². The second-order valence-electron chi connectivity index (χ2n) is 6.02. The Morgan fingerprint density at radius 3 is 2.73 bits per heavy atom. The van der Waals surface area contributed by atoms with Gasteiger partial charge in [-0.2, -0.15) is 0 Å². The Bertz CT molecular complexity index is 811. The minimum absolute atomic E-state index is 0.161. The third-order valence-corrected chi connectivity index (χ3v) is 4.23. The summed E-state index contributed by atoms with van der Waals surface area (Å²) in [6.45, 7) is 0.329. The quantitative estimate of drug-likeness (QED) is 0.762. The summed E-state index contributed by atoms with van der Waals surface area (Å²) in [7, 11) is 0. The SMILES string of the molecule is O=C(Nc1ccccc1)C1=CCN(c2ncc([C@H](O)CO)cc2F)CC1. The van der Waals surface area contributed by atoms with Crippen molar-refractivity contribution in [2.24, 2.45) is 0 Å². The number of amides is 1. The molecule has 0 saturated carbocycles. The number of para-hydroxylation sites is 1. The van der Waals surface area contributed by atoms with Crippen LogP contribution >= 0.6 is 0 Å². The Labute approximate surface area is 150 Å². The van der Waals surface area contributed by atoms with Crippen LogP contribution in [0.25, 0.3) is 0 Å². The van der Waals surface area contributed by atoms with Gasteiger partial charge < -0.3 is 20.4 Å². The number of nitrogens with zero attached hydrogens (tertiary/aromatic N) is 2. The predicted octanol–water partition coefficient (Wildman–Crippen LogP) is 2.02. The molecule has 0 spiro atoms. The first-order valence-corrected chi connectivity index (χ1v) is 8.33. The lowest BCUT2D eigenvalue weighted by molar-refractivity contribution is -0.113. The van der Waals surface area contributed by atoms with Gasteiger partial charge in [0, 0.05) is 36.1 Å². The first kappa shape index (κ1) is 18.0. The molecule has 2 aromatic rings. The van der Waals surface area contributed by atoms with E-state index in [1.54, 1.807) is 11.0 Å². The van der Waals surface area contributed by atoms with Gasteiger partial charge in [0.25, 0.3) is 5.91 Å². The van der Waals surface area contributed by atoms with Crippen LogP contribution in [0.4, 0.5) is 15.9 Å².